The highest BCUT2D eigenvalue weighted by atomic mass is 15.0. The van der Waals surface area contributed by atoms with Crippen LogP contribution in [0.2, 0.25) is 0 Å². The van der Waals surface area contributed by atoms with Crippen LogP contribution in [0.15, 0.2) is 24.3 Å². The number of benzene rings is 1. The molecule has 0 spiro atoms. The van der Waals surface area contributed by atoms with E-state index in [4.69, 9.17) is 5.73 Å². The van der Waals surface area contributed by atoms with Crippen molar-refractivity contribution in [3.05, 3.63) is 35.5 Å². The molecule has 0 saturated heterocycles. The number of nitrogens with two attached hydrogens (primary N) is 1. The molecule has 0 aliphatic carbocycles. The second kappa shape index (κ2) is 2.61. The van der Waals surface area contributed by atoms with Crippen molar-refractivity contribution in [2.24, 2.45) is 5.73 Å². The van der Waals surface area contributed by atoms with E-state index in [2.05, 4.69) is 35.8 Å². The van der Waals surface area contributed by atoms with Crippen molar-refractivity contribution in [1.29, 1.82) is 0 Å². The molecule has 3 rings (SSSR count). The highest BCUT2D eigenvalue weighted by Gasteiger charge is 2.21. The van der Waals surface area contributed by atoms with Gasteiger partial charge in [0.2, 0.25) is 0 Å². The first-order chi connectivity index (χ1) is 6.77. The molecule has 1 aromatic heterocycles. The minimum Gasteiger partial charge on any atom is -0.343 e. The molecule has 2 N–H and O–H groups in total. The quantitative estimate of drug-likeness (QED) is 0.672. The summed E-state index contributed by atoms with van der Waals surface area (Å²) in [5.74, 6) is 0. The van der Waals surface area contributed by atoms with Crippen molar-refractivity contribution >= 4 is 10.9 Å². The molecule has 1 unspecified atom stereocenters. The molecule has 0 amide bonds. The smallest absolute Gasteiger partial charge is 0.0512 e. The molecule has 2 aromatic rings. The molecule has 2 nitrogen and oxygen atoms in total. The van der Waals surface area contributed by atoms with Crippen molar-refractivity contribution in [3.8, 4) is 0 Å². The van der Waals surface area contributed by atoms with Gasteiger partial charge >= 0.3 is 0 Å². The second-order valence-electron chi connectivity index (χ2n) is 4.13. The van der Waals surface area contributed by atoms with Gasteiger partial charge in [-0.15, -0.1) is 0 Å². The largest absolute Gasteiger partial charge is 0.343 e. The Kier molecular flexibility index (Phi) is 1.50. The van der Waals surface area contributed by atoms with Gasteiger partial charge in [-0.1, -0.05) is 18.2 Å². The first-order valence-corrected chi connectivity index (χ1v) is 5.12. The maximum atomic E-state index is 6.04. The number of para-hydroxylation sites is 1. The summed E-state index contributed by atoms with van der Waals surface area (Å²) in [6.45, 7) is 3.24. The van der Waals surface area contributed by atoms with E-state index in [1.165, 1.54) is 22.2 Å². The Labute approximate surface area is 83.3 Å². The minimum atomic E-state index is 0.238. The summed E-state index contributed by atoms with van der Waals surface area (Å²) < 4.78 is 2.37. The summed E-state index contributed by atoms with van der Waals surface area (Å²) in [5.41, 5.74) is 10.1. The molecule has 2 heterocycles. The van der Waals surface area contributed by atoms with Gasteiger partial charge < -0.3 is 10.3 Å². The predicted octanol–water partition coefficient (Wildman–Crippen LogP) is 2.35. The summed E-state index contributed by atoms with van der Waals surface area (Å²) in [6.07, 6.45) is 1.08. The zero-order valence-corrected chi connectivity index (χ0v) is 8.33. The van der Waals surface area contributed by atoms with Gasteiger partial charge in [0, 0.05) is 23.7 Å². The van der Waals surface area contributed by atoms with E-state index in [0.29, 0.717) is 0 Å². The number of fused-ring (bicyclic) bond motifs is 3. The third kappa shape index (κ3) is 0.891. The van der Waals surface area contributed by atoms with Crippen LogP contribution >= 0.6 is 0 Å². The lowest BCUT2D eigenvalue weighted by atomic mass is 10.1. The van der Waals surface area contributed by atoms with Crippen molar-refractivity contribution < 1.29 is 0 Å². The number of hydrogen-bond donors (Lipinski definition) is 1. The van der Waals surface area contributed by atoms with Gasteiger partial charge in [-0.05, 0) is 25.0 Å². The Hall–Kier alpha value is -1.28. The van der Waals surface area contributed by atoms with Gasteiger partial charge in [0.05, 0.1) is 5.52 Å². The van der Waals surface area contributed by atoms with Crippen molar-refractivity contribution in [1.82, 2.24) is 4.57 Å². The molecule has 1 aromatic carbocycles. The zero-order chi connectivity index (χ0) is 9.71. The molecule has 0 saturated carbocycles. The zero-order valence-electron chi connectivity index (χ0n) is 8.33. The lowest BCUT2D eigenvalue weighted by Gasteiger charge is -2.02. The van der Waals surface area contributed by atoms with Gasteiger partial charge in [0.15, 0.2) is 0 Å². The van der Waals surface area contributed by atoms with E-state index in [0.717, 1.165) is 13.0 Å². The number of aryl methyl sites for hydroxylation is 2. The summed E-state index contributed by atoms with van der Waals surface area (Å²) in [6, 6.07) is 8.92. The molecule has 1 aliphatic rings. The van der Waals surface area contributed by atoms with E-state index in [9.17, 15) is 0 Å². The molecule has 2 heteroatoms. The fourth-order valence-electron chi connectivity index (χ4n) is 2.50. The molecular formula is C12H14N2. The Morgan fingerprint density at radius 3 is 3.14 bits per heavy atom. The highest BCUT2D eigenvalue weighted by molar-refractivity contribution is 5.84. The topological polar surface area (TPSA) is 30.9 Å². The summed E-state index contributed by atoms with van der Waals surface area (Å²) >= 11 is 0. The van der Waals surface area contributed by atoms with Gasteiger partial charge in [0.25, 0.3) is 0 Å². The molecular weight excluding hydrogens is 172 g/mol. The number of hydrogen-bond acceptors (Lipinski definition) is 1. The Balaban J connectivity index is 2.41. The number of nitrogens with zero attached hydrogens (tertiary/aromatic N) is 1. The fraction of sp³-hybridized carbons (Fsp3) is 0.333. The minimum absolute atomic E-state index is 0.238. The van der Waals surface area contributed by atoms with E-state index in [1.807, 2.05) is 0 Å². The van der Waals surface area contributed by atoms with Crippen LogP contribution in [0, 0.1) is 6.92 Å². The molecule has 1 aliphatic heterocycles. The third-order valence-electron chi connectivity index (χ3n) is 3.20. The Morgan fingerprint density at radius 2 is 2.29 bits per heavy atom. The van der Waals surface area contributed by atoms with Crippen molar-refractivity contribution in [2.75, 3.05) is 0 Å². The van der Waals surface area contributed by atoms with Crippen molar-refractivity contribution in [3.63, 3.8) is 0 Å². The summed E-state index contributed by atoms with van der Waals surface area (Å²) in [5, 5.41) is 1.33. The van der Waals surface area contributed by atoms with Gasteiger partial charge in [-0.2, -0.15) is 0 Å². The van der Waals surface area contributed by atoms with E-state index >= 15 is 0 Å². The van der Waals surface area contributed by atoms with E-state index < -0.39 is 0 Å². The predicted molar refractivity (Wildman–Crippen MR) is 58.2 cm³/mol. The maximum Gasteiger partial charge on any atom is 0.0512 e. The van der Waals surface area contributed by atoms with Crippen LogP contribution in [0.3, 0.4) is 0 Å². The number of aromatic nitrogens is 1. The van der Waals surface area contributed by atoms with Crippen LogP contribution in [0.5, 0.6) is 0 Å². The molecule has 1 atom stereocenters. The lowest BCUT2D eigenvalue weighted by Crippen LogP contribution is -2.04. The van der Waals surface area contributed by atoms with Crippen LogP contribution in [-0.4, -0.2) is 4.57 Å². The molecule has 72 valence electrons. The highest BCUT2D eigenvalue weighted by Crippen LogP contribution is 2.32. The maximum absolute atomic E-state index is 6.04. The monoisotopic (exact) mass is 186 g/mol. The Bertz CT molecular complexity index is 496. The van der Waals surface area contributed by atoms with Gasteiger partial charge in [0.1, 0.15) is 0 Å². The molecule has 0 fully saturated rings. The lowest BCUT2D eigenvalue weighted by molar-refractivity contribution is 0.691. The van der Waals surface area contributed by atoms with Gasteiger partial charge in [-0.25, -0.2) is 0 Å². The normalized spacial score (nSPS) is 20.3. The van der Waals surface area contributed by atoms with Crippen LogP contribution in [0.1, 0.15) is 23.7 Å². The average Bonchev–Trinajstić information content (AvgIpc) is 2.68. The molecule has 0 radical (unpaired) electrons. The standard InChI is InChI=1S/C12H14N2/c1-8-3-2-4-9-7-11-10(13)5-6-14(11)12(8)9/h2-4,7,10H,5-6,13H2,1H3. The second-order valence-corrected chi connectivity index (χ2v) is 4.13. The van der Waals surface area contributed by atoms with E-state index in [1.54, 1.807) is 0 Å². The molecule has 0 bridgehead atoms. The van der Waals surface area contributed by atoms with Crippen LogP contribution < -0.4 is 5.73 Å². The number of rotatable bonds is 0. The molecule has 14 heavy (non-hydrogen) atoms. The summed E-state index contributed by atoms with van der Waals surface area (Å²) in [4.78, 5) is 0. The van der Waals surface area contributed by atoms with Crippen LogP contribution in [-0.2, 0) is 6.54 Å². The van der Waals surface area contributed by atoms with Gasteiger partial charge in [-0.3, -0.25) is 0 Å². The third-order valence-corrected chi connectivity index (χ3v) is 3.20. The Morgan fingerprint density at radius 1 is 1.43 bits per heavy atom. The first-order valence-electron chi connectivity index (χ1n) is 5.12. The van der Waals surface area contributed by atoms with Crippen LogP contribution in [0.4, 0.5) is 0 Å². The fourth-order valence-corrected chi connectivity index (χ4v) is 2.50. The van der Waals surface area contributed by atoms with Crippen molar-refractivity contribution in [2.45, 2.75) is 25.9 Å². The average molecular weight is 186 g/mol. The SMILES string of the molecule is Cc1cccc2cc3n(c12)CCC3N. The van der Waals surface area contributed by atoms with E-state index in [-0.39, 0.29) is 6.04 Å². The summed E-state index contributed by atoms with van der Waals surface area (Å²) in [7, 11) is 0. The van der Waals surface area contributed by atoms with Crippen LogP contribution in [0.25, 0.3) is 10.9 Å². The first kappa shape index (κ1) is 8.06.